The first-order valence-corrected chi connectivity index (χ1v) is 7.31. The van der Waals surface area contributed by atoms with Crippen LogP contribution >= 0.6 is 11.3 Å². The quantitative estimate of drug-likeness (QED) is 0.893. The molecule has 0 saturated heterocycles. The average Bonchev–Trinajstić information content (AvgIpc) is 2.78. The second-order valence-corrected chi connectivity index (χ2v) is 5.90. The zero-order chi connectivity index (χ0) is 13.0. The third-order valence-corrected chi connectivity index (χ3v) is 3.71. The van der Waals surface area contributed by atoms with Gasteiger partial charge in [0.15, 0.2) is 0 Å². The Morgan fingerprint density at radius 2 is 1.94 bits per heavy atom. The molecule has 1 heterocycles. The highest BCUT2D eigenvalue weighted by Crippen LogP contribution is 2.23. The van der Waals surface area contributed by atoms with Crippen LogP contribution in [0.5, 0.6) is 0 Å². The number of nitrogens with zero attached hydrogens (tertiary/aromatic N) is 1. The minimum Gasteiger partial charge on any atom is -0.330 e. The summed E-state index contributed by atoms with van der Waals surface area (Å²) in [5.74, 6) is 0.700. The second-order valence-electron chi connectivity index (χ2n) is 4.96. The Morgan fingerprint density at radius 1 is 1.22 bits per heavy atom. The van der Waals surface area contributed by atoms with E-state index in [1.807, 2.05) is 0 Å². The van der Waals surface area contributed by atoms with Crippen LogP contribution in [-0.4, -0.2) is 11.5 Å². The van der Waals surface area contributed by atoms with Gasteiger partial charge in [-0.3, -0.25) is 0 Å². The lowest BCUT2D eigenvalue weighted by molar-refractivity contribution is 0.647. The number of hydrogen-bond donors (Lipinski definition) is 1. The zero-order valence-corrected chi connectivity index (χ0v) is 11.8. The van der Waals surface area contributed by atoms with Gasteiger partial charge in [-0.15, -0.1) is 11.3 Å². The fraction of sp³-hybridized carbons (Fsp3) is 0.400. The van der Waals surface area contributed by atoms with Crippen LogP contribution in [0.2, 0.25) is 0 Å². The molecule has 2 nitrogen and oxygen atoms in total. The molecule has 0 spiro atoms. The summed E-state index contributed by atoms with van der Waals surface area (Å²) < 4.78 is 0. The SMILES string of the molecule is CC(C)Cc1ccc(-c2csc(CCN)n2)cc1. The summed E-state index contributed by atoms with van der Waals surface area (Å²) in [5, 5.41) is 3.24. The fourth-order valence-electron chi connectivity index (χ4n) is 1.96. The summed E-state index contributed by atoms with van der Waals surface area (Å²) in [6.07, 6.45) is 2.01. The van der Waals surface area contributed by atoms with E-state index >= 15 is 0 Å². The van der Waals surface area contributed by atoms with E-state index in [0.717, 1.165) is 23.5 Å². The molecule has 0 amide bonds. The van der Waals surface area contributed by atoms with E-state index in [1.54, 1.807) is 11.3 Å². The summed E-state index contributed by atoms with van der Waals surface area (Å²) in [6.45, 7) is 5.15. The topological polar surface area (TPSA) is 38.9 Å². The molecule has 0 aliphatic heterocycles. The van der Waals surface area contributed by atoms with Gasteiger partial charge in [0.1, 0.15) is 0 Å². The minimum atomic E-state index is 0.667. The maximum absolute atomic E-state index is 5.54. The molecule has 18 heavy (non-hydrogen) atoms. The van der Waals surface area contributed by atoms with Gasteiger partial charge in [-0.1, -0.05) is 38.1 Å². The Kier molecular flexibility index (Phi) is 4.50. The molecule has 1 aromatic carbocycles. The Balaban J connectivity index is 2.12. The van der Waals surface area contributed by atoms with Gasteiger partial charge in [0, 0.05) is 17.4 Å². The van der Waals surface area contributed by atoms with Crippen molar-refractivity contribution in [1.82, 2.24) is 4.98 Å². The van der Waals surface area contributed by atoms with Crippen LogP contribution in [0.4, 0.5) is 0 Å². The molecule has 1 aromatic heterocycles. The number of rotatable bonds is 5. The molecule has 0 saturated carbocycles. The molecule has 0 aliphatic carbocycles. The van der Waals surface area contributed by atoms with Gasteiger partial charge >= 0.3 is 0 Å². The third-order valence-electron chi connectivity index (χ3n) is 2.80. The van der Waals surface area contributed by atoms with Crippen molar-refractivity contribution < 1.29 is 0 Å². The molecule has 96 valence electrons. The maximum Gasteiger partial charge on any atom is 0.0945 e. The molecule has 0 radical (unpaired) electrons. The molecule has 2 aromatic rings. The van der Waals surface area contributed by atoms with E-state index in [0.29, 0.717) is 12.5 Å². The zero-order valence-electron chi connectivity index (χ0n) is 11.0. The second kappa shape index (κ2) is 6.12. The minimum absolute atomic E-state index is 0.667. The van der Waals surface area contributed by atoms with Gasteiger partial charge in [0.2, 0.25) is 0 Å². The lowest BCUT2D eigenvalue weighted by Crippen LogP contribution is -2.01. The molecule has 0 atom stereocenters. The van der Waals surface area contributed by atoms with Crippen LogP contribution in [0.25, 0.3) is 11.3 Å². The van der Waals surface area contributed by atoms with Crippen molar-refractivity contribution in [2.24, 2.45) is 11.7 Å². The summed E-state index contributed by atoms with van der Waals surface area (Å²) in [6, 6.07) is 8.74. The predicted octanol–water partition coefficient (Wildman–Crippen LogP) is 3.51. The lowest BCUT2D eigenvalue weighted by Gasteiger charge is -2.05. The van der Waals surface area contributed by atoms with Crippen molar-refractivity contribution in [2.45, 2.75) is 26.7 Å². The average molecular weight is 260 g/mol. The monoisotopic (exact) mass is 260 g/mol. The van der Waals surface area contributed by atoms with Gasteiger partial charge in [-0.25, -0.2) is 4.98 Å². The molecule has 2 N–H and O–H groups in total. The van der Waals surface area contributed by atoms with Gasteiger partial charge in [0.25, 0.3) is 0 Å². The Labute approximate surface area is 113 Å². The van der Waals surface area contributed by atoms with Crippen LogP contribution in [0.1, 0.15) is 24.4 Å². The van der Waals surface area contributed by atoms with E-state index in [9.17, 15) is 0 Å². The van der Waals surface area contributed by atoms with Crippen LogP contribution in [0.3, 0.4) is 0 Å². The highest BCUT2D eigenvalue weighted by atomic mass is 32.1. The first-order chi connectivity index (χ1) is 8.69. The maximum atomic E-state index is 5.54. The van der Waals surface area contributed by atoms with Gasteiger partial charge in [-0.05, 0) is 24.4 Å². The number of thiazole rings is 1. The molecule has 0 fully saturated rings. The smallest absolute Gasteiger partial charge is 0.0945 e. The van der Waals surface area contributed by atoms with Crippen molar-refractivity contribution in [3.8, 4) is 11.3 Å². The third kappa shape index (κ3) is 3.40. The van der Waals surface area contributed by atoms with E-state index in [-0.39, 0.29) is 0 Å². The lowest BCUT2D eigenvalue weighted by atomic mass is 10.0. The van der Waals surface area contributed by atoms with E-state index in [2.05, 4.69) is 48.5 Å². The highest BCUT2D eigenvalue weighted by Gasteiger charge is 2.04. The van der Waals surface area contributed by atoms with Crippen LogP contribution < -0.4 is 5.73 Å². The number of benzene rings is 1. The van der Waals surface area contributed by atoms with Gasteiger partial charge in [-0.2, -0.15) is 0 Å². The van der Waals surface area contributed by atoms with E-state index in [1.165, 1.54) is 11.1 Å². The molecule has 2 rings (SSSR count). The Hall–Kier alpha value is -1.19. The molecule has 0 unspecified atom stereocenters. The summed E-state index contributed by atoms with van der Waals surface area (Å²) in [4.78, 5) is 4.60. The van der Waals surface area contributed by atoms with Crippen LogP contribution in [0, 0.1) is 5.92 Å². The van der Waals surface area contributed by atoms with Crippen LogP contribution in [0.15, 0.2) is 29.6 Å². The normalized spacial score (nSPS) is 11.1. The molecular weight excluding hydrogens is 240 g/mol. The first kappa shape index (κ1) is 13.2. The van der Waals surface area contributed by atoms with Crippen molar-refractivity contribution in [2.75, 3.05) is 6.54 Å². The number of aromatic nitrogens is 1. The Bertz CT molecular complexity index is 485. The summed E-state index contributed by atoms with van der Waals surface area (Å²) in [5.41, 5.74) is 9.20. The molecule has 0 bridgehead atoms. The van der Waals surface area contributed by atoms with Crippen molar-refractivity contribution >= 4 is 11.3 Å². The predicted molar refractivity (Wildman–Crippen MR) is 78.9 cm³/mol. The van der Waals surface area contributed by atoms with Crippen molar-refractivity contribution in [3.63, 3.8) is 0 Å². The standard InChI is InChI=1S/C15H20N2S/c1-11(2)9-12-3-5-13(6-4-12)14-10-18-15(17-14)7-8-16/h3-6,10-11H,7-9,16H2,1-2H3. The Morgan fingerprint density at radius 3 is 2.56 bits per heavy atom. The van der Waals surface area contributed by atoms with Gasteiger partial charge in [0.05, 0.1) is 10.7 Å². The number of hydrogen-bond acceptors (Lipinski definition) is 3. The highest BCUT2D eigenvalue weighted by molar-refractivity contribution is 7.09. The molecular formula is C15H20N2S. The molecule has 3 heteroatoms. The van der Waals surface area contributed by atoms with Crippen molar-refractivity contribution in [1.29, 1.82) is 0 Å². The largest absolute Gasteiger partial charge is 0.330 e. The fourth-order valence-corrected chi connectivity index (χ4v) is 2.79. The summed E-state index contributed by atoms with van der Waals surface area (Å²) in [7, 11) is 0. The summed E-state index contributed by atoms with van der Waals surface area (Å²) >= 11 is 1.69. The van der Waals surface area contributed by atoms with Crippen molar-refractivity contribution in [3.05, 3.63) is 40.2 Å². The first-order valence-electron chi connectivity index (χ1n) is 6.43. The van der Waals surface area contributed by atoms with E-state index in [4.69, 9.17) is 5.73 Å². The molecule has 0 aliphatic rings. The van der Waals surface area contributed by atoms with Gasteiger partial charge < -0.3 is 5.73 Å². The van der Waals surface area contributed by atoms with Crippen LogP contribution in [-0.2, 0) is 12.8 Å². The number of nitrogens with two attached hydrogens (primary N) is 1. The van der Waals surface area contributed by atoms with E-state index < -0.39 is 0 Å².